The van der Waals surface area contributed by atoms with Gasteiger partial charge in [-0.1, -0.05) is 37.6 Å². The van der Waals surface area contributed by atoms with Crippen molar-refractivity contribution >= 4 is 22.2 Å². The zero-order chi connectivity index (χ0) is 21.4. The molecular formula is C24H23FN6. The van der Waals surface area contributed by atoms with Crippen LogP contribution in [0.15, 0.2) is 54.9 Å². The molecule has 0 N–H and O–H groups in total. The fourth-order valence-corrected chi connectivity index (χ4v) is 3.96. The summed E-state index contributed by atoms with van der Waals surface area (Å²) in [6.07, 6.45) is 6.00. The molecule has 0 saturated carbocycles. The van der Waals surface area contributed by atoms with Crippen LogP contribution in [-0.2, 0) is 20.0 Å². The Labute approximate surface area is 179 Å². The molecule has 31 heavy (non-hydrogen) atoms. The summed E-state index contributed by atoms with van der Waals surface area (Å²) < 4.78 is 17.5. The maximum absolute atomic E-state index is 13.6. The highest BCUT2D eigenvalue weighted by Gasteiger charge is 2.15. The van der Waals surface area contributed by atoms with Crippen molar-refractivity contribution in [3.63, 3.8) is 0 Å². The molecule has 5 rings (SSSR count). The largest absolute Gasteiger partial charge is 0.312 e. The molecule has 0 aliphatic heterocycles. The monoisotopic (exact) mass is 414 g/mol. The summed E-state index contributed by atoms with van der Waals surface area (Å²) in [4.78, 5) is 13.6. The lowest BCUT2D eigenvalue weighted by Gasteiger charge is -2.08. The third-order valence-corrected chi connectivity index (χ3v) is 5.56. The van der Waals surface area contributed by atoms with Gasteiger partial charge in [-0.05, 0) is 24.1 Å². The maximum Gasteiger partial charge on any atom is 0.159 e. The third kappa shape index (κ3) is 3.56. The molecular weight excluding hydrogens is 391 g/mol. The summed E-state index contributed by atoms with van der Waals surface area (Å²) in [7, 11) is 1.80. The van der Waals surface area contributed by atoms with Crippen molar-refractivity contribution in [2.45, 2.75) is 32.7 Å². The first kappa shape index (κ1) is 19.4. The number of hydrogen-bond acceptors (Lipinski definition) is 4. The Hall–Kier alpha value is -3.61. The van der Waals surface area contributed by atoms with Crippen LogP contribution in [0, 0.1) is 5.82 Å². The first-order valence-corrected chi connectivity index (χ1v) is 10.5. The molecule has 4 heterocycles. The van der Waals surface area contributed by atoms with Gasteiger partial charge in [0.25, 0.3) is 0 Å². The van der Waals surface area contributed by atoms with Gasteiger partial charge in [0, 0.05) is 37.8 Å². The number of unbranched alkanes of at least 4 members (excludes halogenated alkanes) is 1. The predicted molar refractivity (Wildman–Crippen MR) is 119 cm³/mol. The van der Waals surface area contributed by atoms with E-state index in [1.165, 1.54) is 12.3 Å². The molecule has 0 aliphatic carbocycles. The molecule has 156 valence electrons. The molecule has 7 heteroatoms. The van der Waals surface area contributed by atoms with Crippen LogP contribution in [0.2, 0.25) is 0 Å². The number of pyridine rings is 2. The number of fused-ring (bicyclic) bond motifs is 2. The van der Waals surface area contributed by atoms with Gasteiger partial charge in [-0.15, -0.1) is 0 Å². The van der Waals surface area contributed by atoms with Crippen LogP contribution in [0.25, 0.3) is 33.5 Å². The second-order valence-corrected chi connectivity index (χ2v) is 7.75. The molecule has 4 aromatic heterocycles. The van der Waals surface area contributed by atoms with E-state index in [1.807, 2.05) is 30.5 Å². The van der Waals surface area contributed by atoms with Gasteiger partial charge in [-0.2, -0.15) is 5.10 Å². The van der Waals surface area contributed by atoms with Gasteiger partial charge >= 0.3 is 0 Å². The van der Waals surface area contributed by atoms with E-state index in [4.69, 9.17) is 4.98 Å². The smallest absolute Gasteiger partial charge is 0.159 e. The number of nitrogens with zero attached hydrogens (tertiary/aromatic N) is 6. The molecule has 0 amide bonds. The van der Waals surface area contributed by atoms with Crippen molar-refractivity contribution in [2.24, 2.45) is 7.05 Å². The molecule has 0 fully saturated rings. The van der Waals surface area contributed by atoms with E-state index >= 15 is 0 Å². The van der Waals surface area contributed by atoms with Gasteiger partial charge in [0.15, 0.2) is 5.65 Å². The zero-order valence-electron chi connectivity index (χ0n) is 17.6. The van der Waals surface area contributed by atoms with Crippen molar-refractivity contribution in [2.75, 3.05) is 0 Å². The second-order valence-electron chi connectivity index (χ2n) is 7.75. The first-order chi connectivity index (χ1) is 15.1. The van der Waals surface area contributed by atoms with E-state index in [-0.39, 0.29) is 5.82 Å². The summed E-state index contributed by atoms with van der Waals surface area (Å²) in [5.41, 5.74) is 6.12. The topological polar surface area (TPSA) is 61.4 Å². The molecule has 0 atom stereocenters. The minimum Gasteiger partial charge on any atom is -0.312 e. The Bertz CT molecular complexity index is 1370. The number of aryl methyl sites for hydroxylation is 2. The van der Waals surface area contributed by atoms with Crippen LogP contribution in [0.4, 0.5) is 4.39 Å². The minimum atomic E-state index is -0.363. The Morgan fingerprint density at radius 1 is 1.06 bits per heavy atom. The number of rotatable bonds is 6. The minimum absolute atomic E-state index is 0.363. The SMILES string of the molecule is CCCCn1c(Cc2ccc(-c3nn(C)c4cc(F)cnc34)cc2)nc2cccnc21. The Morgan fingerprint density at radius 2 is 1.90 bits per heavy atom. The Morgan fingerprint density at radius 3 is 2.71 bits per heavy atom. The van der Waals surface area contributed by atoms with E-state index in [0.29, 0.717) is 11.0 Å². The fourth-order valence-electron chi connectivity index (χ4n) is 3.96. The van der Waals surface area contributed by atoms with E-state index in [1.54, 1.807) is 11.7 Å². The quantitative estimate of drug-likeness (QED) is 0.396. The molecule has 0 aliphatic rings. The molecule has 1 aromatic carbocycles. The normalized spacial score (nSPS) is 11.6. The molecule has 0 saturated heterocycles. The number of imidazole rings is 1. The molecule has 6 nitrogen and oxygen atoms in total. The molecule has 0 spiro atoms. The highest BCUT2D eigenvalue weighted by Crippen LogP contribution is 2.27. The van der Waals surface area contributed by atoms with Gasteiger partial charge in [-0.3, -0.25) is 4.68 Å². The van der Waals surface area contributed by atoms with Crippen molar-refractivity contribution in [1.82, 2.24) is 29.3 Å². The zero-order valence-corrected chi connectivity index (χ0v) is 17.6. The lowest BCUT2D eigenvalue weighted by molar-refractivity contribution is 0.619. The van der Waals surface area contributed by atoms with Gasteiger partial charge in [0.1, 0.15) is 28.4 Å². The first-order valence-electron chi connectivity index (χ1n) is 10.5. The van der Waals surface area contributed by atoms with Gasteiger partial charge in [0.05, 0.1) is 11.7 Å². The van der Waals surface area contributed by atoms with Crippen molar-refractivity contribution in [3.05, 3.63) is 72.1 Å². The molecule has 0 radical (unpaired) electrons. The second kappa shape index (κ2) is 7.91. The molecule has 5 aromatic rings. The van der Waals surface area contributed by atoms with Crippen LogP contribution >= 0.6 is 0 Å². The lowest BCUT2D eigenvalue weighted by Crippen LogP contribution is -2.05. The van der Waals surface area contributed by atoms with Crippen molar-refractivity contribution in [3.8, 4) is 11.3 Å². The number of hydrogen-bond donors (Lipinski definition) is 0. The fraction of sp³-hybridized carbons (Fsp3) is 0.250. The van der Waals surface area contributed by atoms with Gasteiger partial charge < -0.3 is 4.57 Å². The van der Waals surface area contributed by atoms with Gasteiger partial charge in [0.2, 0.25) is 0 Å². The summed E-state index contributed by atoms with van der Waals surface area (Å²) in [5, 5.41) is 4.55. The van der Waals surface area contributed by atoms with E-state index in [2.05, 4.69) is 38.7 Å². The van der Waals surface area contributed by atoms with Crippen LogP contribution in [0.1, 0.15) is 31.2 Å². The number of benzene rings is 1. The molecule has 0 unspecified atom stereocenters. The van der Waals surface area contributed by atoms with Crippen LogP contribution in [0.3, 0.4) is 0 Å². The van der Waals surface area contributed by atoms with E-state index in [0.717, 1.165) is 59.6 Å². The summed E-state index contributed by atoms with van der Waals surface area (Å²) in [6, 6.07) is 13.7. The standard InChI is InChI=1S/C24H23FN6/c1-3-4-12-31-21(28-19-6-5-11-26-24(19)31)13-16-7-9-17(10-8-16)22-23-20(30(2)29-22)14-18(25)15-27-23/h5-11,14-15H,3-4,12-13H2,1-2H3. The van der Waals surface area contributed by atoms with Crippen molar-refractivity contribution in [1.29, 1.82) is 0 Å². The highest BCUT2D eigenvalue weighted by atomic mass is 19.1. The lowest BCUT2D eigenvalue weighted by atomic mass is 10.1. The Balaban J connectivity index is 1.47. The van der Waals surface area contributed by atoms with Crippen LogP contribution < -0.4 is 0 Å². The Kier molecular flexibility index (Phi) is 4.94. The third-order valence-electron chi connectivity index (χ3n) is 5.56. The summed E-state index contributed by atoms with van der Waals surface area (Å²) in [6.45, 7) is 3.11. The van der Waals surface area contributed by atoms with Gasteiger partial charge in [-0.25, -0.2) is 19.3 Å². The summed E-state index contributed by atoms with van der Waals surface area (Å²) >= 11 is 0. The number of halogens is 1. The van der Waals surface area contributed by atoms with Crippen LogP contribution in [-0.4, -0.2) is 29.3 Å². The molecule has 0 bridgehead atoms. The van der Waals surface area contributed by atoms with Crippen molar-refractivity contribution < 1.29 is 4.39 Å². The van der Waals surface area contributed by atoms with E-state index in [9.17, 15) is 4.39 Å². The average molecular weight is 414 g/mol. The highest BCUT2D eigenvalue weighted by molar-refractivity contribution is 5.89. The van der Waals surface area contributed by atoms with E-state index < -0.39 is 0 Å². The van der Waals surface area contributed by atoms with Crippen LogP contribution in [0.5, 0.6) is 0 Å². The maximum atomic E-state index is 13.6. The number of aromatic nitrogens is 6. The average Bonchev–Trinajstić information content (AvgIpc) is 3.30. The predicted octanol–water partition coefficient (Wildman–Crippen LogP) is 4.91. The summed E-state index contributed by atoms with van der Waals surface area (Å²) in [5.74, 6) is 0.660.